The van der Waals surface area contributed by atoms with Crippen LogP contribution in [-0.4, -0.2) is 22.0 Å². The number of nitrogens with zero attached hydrogens (tertiary/aromatic N) is 1. The molecule has 1 heterocycles. The number of nitrogens with one attached hydrogen (secondary N) is 1. The number of hydrogen-bond acceptors (Lipinski definition) is 4. The zero-order chi connectivity index (χ0) is 19.6. The topological polar surface area (TPSA) is 88.5 Å². The number of aryl methyl sites for hydroxylation is 1. The monoisotopic (exact) mass is 492 g/mol. The summed E-state index contributed by atoms with van der Waals surface area (Å²) in [5.41, 5.74) is 2.28. The predicted octanol–water partition coefficient (Wildman–Crippen LogP) is 5.27. The summed E-state index contributed by atoms with van der Waals surface area (Å²) in [5, 5.41) is 12.2. The minimum absolute atomic E-state index is 0.450. The quantitative estimate of drug-likeness (QED) is 0.472. The molecule has 0 unspecified atom stereocenters. The van der Waals surface area contributed by atoms with Crippen LogP contribution in [0.4, 0.5) is 5.69 Å². The first-order valence-corrected chi connectivity index (χ1v) is 9.46. The first-order valence-electron chi connectivity index (χ1n) is 7.88. The smallest absolute Gasteiger partial charge is 0.312 e. The Bertz CT molecular complexity index is 1030. The third-order valence-corrected chi connectivity index (χ3v) is 4.79. The number of anilines is 1. The van der Waals surface area contributed by atoms with Gasteiger partial charge >= 0.3 is 5.97 Å². The van der Waals surface area contributed by atoms with Crippen molar-refractivity contribution in [1.82, 2.24) is 4.98 Å². The largest absolute Gasteiger partial charge is 0.481 e. The predicted molar refractivity (Wildman–Crippen MR) is 109 cm³/mol. The summed E-state index contributed by atoms with van der Waals surface area (Å²) in [5.74, 6) is -0.623. The molecule has 0 fully saturated rings. The minimum atomic E-state index is -1.19. The van der Waals surface area contributed by atoms with Crippen molar-refractivity contribution in [3.63, 3.8) is 0 Å². The Morgan fingerprint density at radius 2 is 1.81 bits per heavy atom. The van der Waals surface area contributed by atoms with Crippen LogP contribution in [0, 0.1) is 6.92 Å². The van der Waals surface area contributed by atoms with Gasteiger partial charge in [0.05, 0.1) is 14.5 Å². The van der Waals surface area contributed by atoms with E-state index in [0.717, 1.165) is 16.6 Å². The second kappa shape index (κ2) is 8.06. The molecule has 1 aromatic heterocycles. The Morgan fingerprint density at radius 3 is 2.48 bits per heavy atom. The number of carbonyl (C=O) groups is 2. The minimum Gasteiger partial charge on any atom is -0.481 e. The number of aliphatic carboxylic acids is 1. The molecule has 2 aromatic carbocycles. The number of pyridine rings is 1. The molecule has 0 spiro atoms. The Kier molecular flexibility index (Phi) is 5.76. The van der Waals surface area contributed by atoms with E-state index in [0.29, 0.717) is 26.1 Å². The van der Waals surface area contributed by atoms with E-state index in [1.807, 2.05) is 37.3 Å². The summed E-state index contributed by atoms with van der Waals surface area (Å²) >= 11 is 6.84. The van der Waals surface area contributed by atoms with Crippen LogP contribution in [0.25, 0.3) is 10.9 Å². The highest BCUT2D eigenvalue weighted by molar-refractivity contribution is 9.11. The van der Waals surface area contributed by atoms with Crippen LogP contribution in [0.5, 0.6) is 11.5 Å². The van der Waals surface area contributed by atoms with Gasteiger partial charge in [-0.15, -0.1) is 0 Å². The molecule has 0 saturated heterocycles. The number of carboxylic acid groups (broad SMARTS) is 1. The third kappa shape index (κ3) is 4.84. The summed E-state index contributed by atoms with van der Waals surface area (Å²) < 4.78 is 7.18. The third-order valence-electron chi connectivity index (χ3n) is 3.61. The molecule has 27 heavy (non-hydrogen) atoms. The van der Waals surface area contributed by atoms with E-state index in [1.54, 1.807) is 12.1 Å². The van der Waals surface area contributed by atoms with Gasteiger partial charge in [0.2, 0.25) is 5.91 Å². The van der Waals surface area contributed by atoms with Crippen molar-refractivity contribution in [2.75, 3.05) is 5.32 Å². The Morgan fingerprint density at radius 1 is 1.11 bits per heavy atom. The molecule has 0 radical (unpaired) electrons. The van der Waals surface area contributed by atoms with Crippen LogP contribution in [0.2, 0.25) is 0 Å². The standard InChI is InChI=1S/C19H14Br2N2O4/c1-10-2-3-11-6-13(4-5-16(11)22-10)27-19-14(20)7-12(8-15(19)21)23-17(24)9-18(25)26/h2-8H,9H2,1H3,(H,23,24)(H,25,26). The maximum atomic E-state index is 11.6. The molecular weight excluding hydrogens is 480 g/mol. The molecule has 6 nitrogen and oxygen atoms in total. The van der Waals surface area contributed by atoms with Gasteiger partial charge in [0.15, 0.2) is 5.75 Å². The number of fused-ring (bicyclic) bond motifs is 1. The molecule has 0 saturated carbocycles. The van der Waals surface area contributed by atoms with Crippen molar-refractivity contribution >= 4 is 60.3 Å². The highest BCUT2D eigenvalue weighted by Gasteiger charge is 2.14. The number of benzene rings is 2. The SMILES string of the molecule is Cc1ccc2cc(Oc3c(Br)cc(NC(=O)CC(=O)O)cc3Br)ccc2n1. The van der Waals surface area contributed by atoms with Gasteiger partial charge in [-0.1, -0.05) is 6.07 Å². The molecule has 138 valence electrons. The van der Waals surface area contributed by atoms with Crippen molar-refractivity contribution < 1.29 is 19.4 Å². The average Bonchev–Trinajstić information content (AvgIpc) is 2.57. The second-order valence-electron chi connectivity index (χ2n) is 5.80. The number of hydrogen-bond donors (Lipinski definition) is 2. The van der Waals surface area contributed by atoms with Crippen molar-refractivity contribution in [2.24, 2.45) is 0 Å². The van der Waals surface area contributed by atoms with E-state index in [1.165, 1.54) is 0 Å². The normalized spacial score (nSPS) is 10.6. The molecule has 3 aromatic rings. The molecule has 3 rings (SSSR count). The first kappa shape index (κ1) is 19.3. The van der Waals surface area contributed by atoms with Crippen molar-refractivity contribution in [2.45, 2.75) is 13.3 Å². The number of amides is 1. The lowest BCUT2D eigenvalue weighted by molar-refractivity contribution is -0.139. The Hall–Kier alpha value is -2.45. The van der Waals surface area contributed by atoms with Crippen LogP contribution in [0.3, 0.4) is 0 Å². The van der Waals surface area contributed by atoms with E-state index in [2.05, 4.69) is 42.2 Å². The Labute approximate surface area is 171 Å². The zero-order valence-corrected chi connectivity index (χ0v) is 17.3. The molecule has 2 N–H and O–H groups in total. The van der Waals surface area contributed by atoms with Crippen molar-refractivity contribution in [3.8, 4) is 11.5 Å². The van der Waals surface area contributed by atoms with Gasteiger partial charge in [-0.3, -0.25) is 14.6 Å². The van der Waals surface area contributed by atoms with Crippen LogP contribution in [0.15, 0.2) is 51.4 Å². The molecule has 0 aliphatic carbocycles. The lowest BCUT2D eigenvalue weighted by Gasteiger charge is -2.13. The second-order valence-corrected chi connectivity index (χ2v) is 7.51. The maximum Gasteiger partial charge on any atom is 0.312 e. The number of ether oxygens (including phenoxy) is 1. The average molecular weight is 494 g/mol. The van der Waals surface area contributed by atoms with Gasteiger partial charge in [-0.25, -0.2) is 0 Å². The Balaban J connectivity index is 1.83. The molecular formula is C19H14Br2N2O4. The van der Waals surface area contributed by atoms with Crippen LogP contribution in [0.1, 0.15) is 12.1 Å². The first-order chi connectivity index (χ1) is 12.8. The van der Waals surface area contributed by atoms with Crippen molar-refractivity contribution in [3.05, 3.63) is 57.1 Å². The summed E-state index contributed by atoms with van der Waals surface area (Å²) in [6, 6.07) is 12.8. The number of carboxylic acids is 1. The summed E-state index contributed by atoms with van der Waals surface area (Å²) in [6.07, 6.45) is -0.599. The molecule has 8 heteroatoms. The highest BCUT2D eigenvalue weighted by Crippen LogP contribution is 2.39. The van der Waals surface area contributed by atoms with Crippen LogP contribution in [-0.2, 0) is 9.59 Å². The van der Waals surface area contributed by atoms with Crippen LogP contribution >= 0.6 is 31.9 Å². The maximum absolute atomic E-state index is 11.6. The van der Waals surface area contributed by atoms with E-state index < -0.39 is 18.3 Å². The lowest BCUT2D eigenvalue weighted by atomic mass is 10.2. The fraction of sp³-hybridized carbons (Fsp3) is 0.105. The molecule has 1 amide bonds. The van der Waals surface area contributed by atoms with Gasteiger partial charge in [-0.2, -0.15) is 0 Å². The summed E-state index contributed by atoms with van der Waals surface area (Å²) in [6.45, 7) is 1.94. The molecule has 0 bridgehead atoms. The van der Waals surface area contributed by atoms with Gasteiger partial charge in [-0.05, 0) is 75.2 Å². The zero-order valence-electron chi connectivity index (χ0n) is 14.1. The fourth-order valence-corrected chi connectivity index (χ4v) is 3.81. The fourth-order valence-electron chi connectivity index (χ4n) is 2.46. The van der Waals surface area contributed by atoms with Gasteiger partial charge in [0.1, 0.15) is 12.2 Å². The van der Waals surface area contributed by atoms with E-state index in [4.69, 9.17) is 9.84 Å². The number of carbonyl (C=O) groups excluding carboxylic acids is 1. The lowest BCUT2D eigenvalue weighted by Crippen LogP contribution is -2.15. The van der Waals surface area contributed by atoms with Gasteiger partial charge in [0.25, 0.3) is 0 Å². The van der Waals surface area contributed by atoms with E-state index in [9.17, 15) is 9.59 Å². The molecule has 0 aliphatic rings. The number of rotatable bonds is 5. The number of aromatic nitrogens is 1. The molecule has 0 aliphatic heterocycles. The van der Waals surface area contributed by atoms with E-state index >= 15 is 0 Å². The van der Waals surface area contributed by atoms with E-state index in [-0.39, 0.29) is 0 Å². The molecule has 0 atom stereocenters. The number of halogens is 2. The summed E-state index contributed by atoms with van der Waals surface area (Å²) in [7, 11) is 0. The van der Waals surface area contributed by atoms with Gasteiger partial charge < -0.3 is 15.2 Å². The van der Waals surface area contributed by atoms with Crippen molar-refractivity contribution in [1.29, 1.82) is 0 Å². The van der Waals surface area contributed by atoms with Gasteiger partial charge in [0, 0.05) is 16.8 Å². The summed E-state index contributed by atoms with van der Waals surface area (Å²) in [4.78, 5) is 26.7. The van der Waals surface area contributed by atoms with Crippen LogP contribution < -0.4 is 10.1 Å². The highest BCUT2D eigenvalue weighted by atomic mass is 79.9.